The Bertz CT molecular complexity index is 1000. The highest BCUT2D eigenvalue weighted by molar-refractivity contribution is 6.01. The molecule has 0 N–H and O–H groups in total. The summed E-state index contributed by atoms with van der Waals surface area (Å²) in [6.07, 6.45) is 1.87. The average molecular weight is 383 g/mol. The number of piperazine rings is 1. The quantitative estimate of drug-likeness (QED) is 0.682. The summed E-state index contributed by atoms with van der Waals surface area (Å²) in [5.74, 6) is 2.09. The maximum Gasteiger partial charge on any atom is 0.151 e. The van der Waals surface area contributed by atoms with Crippen molar-refractivity contribution in [3.8, 4) is 0 Å². The SMILES string of the molecule is C[C@H]1CN(c2ccccn2)CCN1N1Cc2ccccc2N=C1c1ccccc1. The number of anilines is 1. The van der Waals surface area contributed by atoms with E-state index < -0.39 is 0 Å². The summed E-state index contributed by atoms with van der Waals surface area (Å²) >= 11 is 0. The lowest BCUT2D eigenvalue weighted by Gasteiger charge is -2.47. The van der Waals surface area contributed by atoms with Gasteiger partial charge in [-0.05, 0) is 30.7 Å². The van der Waals surface area contributed by atoms with Crippen LogP contribution in [0.3, 0.4) is 0 Å². The number of nitrogens with zero attached hydrogens (tertiary/aromatic N) is 5. The van der Waals surface area contributed by atoms with Crippen molar-refractivity contribution in [2.24, 2.45) is 4.99 Å². The molecule has 0 radical (unpaired) electrons. The van der Waals surface area contributed by atoms with Crippen LogP contribution in [0.25, 0.3) is 0 Å². The van der Waals surface area contributed by atoms with E-state index in [1.54, 1.807) is 0 Å². The van der Waals surface area contributed by atoms with Crippen LogP contribution in [-0.2, 0) is 6.54 Å². The molecule has 0 amide bonds. The number of para-hydroxylation sites is 1. The molecular formula is C24H25N5. The predicted octanol–water partition coefficient (Wildman–Crippen LogP) is 4.10. The minimum absolute atomic E-state index is 0.352. The zero-order valence-electron chi connectivity index (χ0n) is 16.6. The van der Waals surface area contributed by atoms with Crippen molar-refractivity contribution in [2.45, 2.75) is 19.5 Å². The van der Waals surface area contributed by atoms with E-state index in [4.69, 9.17) is 4.99 Å². The second kappa shape index (κ2) is 7.68. The van der Waals surface area contributed by atoms with Gasteiger partial charge in [0.1, 0.15) is 5.82 Å². The van der Waals surface area contributed by atoms with Crippen molar-refractivity contribution in [3.63, 3.8) is 0 Å². The van der Waals surface area contributed by atoms with Crippen LogP contribution in [0.15, 0.2) is 84.0 Å². The normalized spacial score (nSPS) is 19.6. The third-order valence-corrected chi connectivity index (χ3v) is 5.69. The smallest absolute Gasteiger partial charge is 0.151 e. The minimum atomic E-state index is 0.352. The number of hydrazine groups is 1. The van der Waals surface area contributed by atoms with Gasteiger partial charge in [-0.15, -0.1) is 0 Å². The summed E-state index contributed by atoms with van der Waals surface area (Å²) in [5.41, 5.74) is 3.50. The fourth-order valence-electron chi connectivity index (χ4n) is 4.23. The Labute approximate surface area is 171 Å². The Hall–Kier alpha value is -3.18. The topological polar surface area (TPSA) is 35.0 Å². The van der Waals surface area contributed by atoms with E-state index >= 15 is 0 Å². The summed E-state index contributed by atoms with van der Waals surface area (Å²) in [6.45, 7) is 5.96. The lowest BCUT2D eigenvalue weighted by molar-refractivity contribution is -0.00842. The molecule has 0 saturated carbocycles. The van der Waals surface area contributed by atoms with Crippen LogP contribution in [-0.4, -0.2) is 46.5 Å². The molecule has 0 spiro atoms. The summed E-state index contributed by atoms with van der Waals surface area (Å²) in [7, 11) is 0. The number of rotatable bonds is 3. The largest absolute Gasteiger partial charge is 0.354 e. The number of fused-ring (bicyclic) bond motifs is 1. The molecule has 0 bridgehead atoms. The molecule has 29 heavy (non-hydrogen) atoms. The monoisotopic (exact) mass is 383 g/mol. The predicted molar refractivity (Wildman–Crippen MR) is 117 cm³/mol. The molecule has 5 rings (SSSR count). The Morgan fingerprint density at radius 3 is 2.45 bits per heavy atom. The zero-order valence-corrected chi connectivity index (χ0v) is 16.6. The van der Waals surface area contributed by atoms with E-state index in [9.17, 15) is 0 Å². The van der Waals surface area contributed by atoms with E-state index in [0.29, 0.717) is 6.04 Å². The second-order valence-electron chi connectivity index (χ2n) is 7.63. The van der Waals surface area contributed by atoms with Gasteiger partial charge in [0, 0.05) is 37.4 Å². The van der Waals surface area contributed by atoms with Gasteiger partial charge in [-0.25, -0.2) is 15.0 Å². The minimum Gasteiger partial charge on any atom is -0.354 e. The molecule has 3 aromatic rings. The molecule has 1 fully saturated rings. The fourth-order valence-corrected chi connectivity index (χ4v) is 4.23. The summed E-state index contributed by atoms with van der Waals surface area (Å²) in [6, 6.07) is 25.4. The third kappa shape index (κ3) is 3.49. The highest BCUT2D eigenvalue weighted by Gasteiger charge is 2.33. The summed E-state index contributed by atoms with van der Waals surface area (Å²) in [4.78, 5) is 12.0. The molecule has 5 nitrogen and oxygen atoms in total. The van der Waals surface area contributed by atoms with Gasteiger partial charge in [0.15, 0.2) is 5.84 Å². The second-order valence-corrected chi connectivity index (χ2v) is 7.63. The molecule has 0 aliphatic carbocycles. The number of aliphatic imine (C=N–C) groups is 1. The first-order chi connectivity index (χ1) is 14.3. The van der Waals surface area contributed by atoms with Crippen molar-refractivity contribution in [3.05, 3.63) is 90.1 Å². The Balaban J connectivity index is 1.45. The fraction of sp³-hybridized carbons (Fsp3) is 0.250. The molecular weight excluding hydrogens is 358 g/mol. The van der Waals surface area contributed by atoms with Gasteiger partial charge in [0.05, 0.1) is 12.2 Å². The maximum atomic E-state index is 5.06. The van der Waals surface area contributed by atoms with E-state index in [1.165, 1.54) is 5.56 Å². The van der Waals surface area contributed by atoms with E-state index in [0.717, 1.165) is 49.1 Å². The van der Waals surface area contributed by atoms with Crippen LogP contribution < -0.4 is 4.90 Å². The van der Waals surface area contributed by atoms with Gasteiger partial charge in [-0.3, -0.25) is 5.01 Å². The molecule has 146 valence electrons. The first kappa shape index (κ1) is 17.9. The van der Waals surface area contributed by atoms with E-state index in [2.05, 4.69) is 93.6 Å². The number of aromatic nitrogens is 1. The molecule has 1 saturated heterocycles. The molecule has 3 heterocycles. The zero-order chi connectivity index (χ0) is 19.6. The van der Waals surface area contributed by atoms with Gasteiger partial charge < -0.3 is 4.90 Å². The number of pyridine rings is 1. The van der Waals surface area contributed by atoms with Gasteiger partial charge in [-0.2, -0.15) is 0 Å². The van der Waals surface area contributed by atoms with Crippen LogP contribution in [0.2, 0.25) is 0 Å². The van der Waals surface area contributed by atoms with Crippen molar-refractivity contribution < 1.29 is 0 Å². The lowest BCUT2D eigenvalue weighted by atomic mass is 10.1. The highest BCUT2D eigenvalue weighted by Crippen LogP contribution is 2.30. The Morgan fingerprint density at radius 2 is 1.66 bits per heavy atom. The molecule has 2 aromatic carbocycles. The highest BCUT2D eigenvalue weighted by atomic mass is 15.7. The van der Waals surface area contributed by atoms with Gasteiger partial charge >= 0.3 is 0 Å². The molecule has 1 aromatic heterocycles. The standard InChI is InChI=1S/C24H25N5/c1-19-17-27(23-13-7-8-14-25-23)15-16-28(19)29-18-21-11-5-6-12-22(21)26-24(29)20-9-3-2-4-10-20/h2-14,19H,15-18H2,1H3/t19-/m0/s1. The van der Waals surface area contributed by atoms with Gasteiger partial charge in [0.2, 0.25) is 0 Å². The van der Waals surface area contributed by atoms with Crippen LogP contribution in [0.4, 0.5) is 11.5 Å². The van der Waals surface area contributed by atoms with Crippen molar-refractivity contribution in [1.29, 1.82) is 0 Å². The molecule has 0 unspecified atom stereocenters. The van der Waals surface area contributed by atoms with E-state index in [-0.39, 0.29) is 0 Å². The summed E-state index contributed by atoms with van der Waals surface area (Å²) in [5, 5.41) is 4.85. The Kier molecular flexibility index (Phi) is 4.74. The molecule has 5 heteroatoms. The number of benzene rings is 2. The molecule has 2 aliphatic heterocycles. The first-order valence-electron chi connectivity index (χ1n) is 10.2. The average Bonchev–Trinajstić information content (AvgIpc) is 2.79. The van der Waals surface area contributed by atoms with Crippen molar-refractivity contribution >= 4 is 17.3 Å². The van der Waals surface area contributed by atoms with Gasteiger partial charge in [-0.1, -0.05) is 54.6 Å². The van der Waals surface area contributed by atoms with Crippen molar-refractivity contribution in [2.75, 3.05) is 24.5 Å². The number of hydrogen-bond acceptors (Lipinski definition) is 5. The number of amidine groups is 1. The van der Waals surface area contributed by atoms with Crippen LogP contribution in [0, 0.1) is 0 Å². The summed E-state index contributed by atoms with van der Waals surface area (Å²) < 4.78 is 0. The lowest BCUT2D eigenvalue weighted by Crippen LogP contribution is -2.60. The van der Waals surface area contributed by atoms with Crippen LogP contribution in [0.5, 0.6) is 0 Å². The Morgan fingerprint density at radius 1 is 0.862 bits per heavy atom. The maximum absolute atomic E-state index is 5.06. The third-order valence-electron chi connectivity index (χ3n) is 5.69. The van der Waals surface area contributed by atoms with E-state index in [1.807, 2.05) is 12.3 Å². The van der Waals surface area contributed by atoms with Crippen LogP contribution in [0.1, 0.15) is 18.1 Å². The van der Waals surface area contributed by atoms with Crippen molar-refractivity contribution in [1.82, 2.24) is 15.0 Å². The first-order valence-corrected chi connectivity index (χ1v) is 10.2. The number of hydrogen-bond donors (Lipinski definition) is 0. The molecule has 2 aliphatic rings. The van der Waals surface area contributed by atoms with Crippen LogP contribution >= 0.6 is 0 Å². The molecule has 1 atom stereocenters. The van der Waals surface area contributed by atoms with Gasteiger partial charge in [0.25, 0.3) is 0 Å².